The first kappa shape index (κ1) is 24.2. The van der Waals surface area contributed by atoms with Gasteiger partial charge < -0.3 is 15.4 Å². The maximum atomic E-state index is 14.9. The third kappa shape index (κ3) is 5.60. The number of hydrogen-bond donors (Lipinski definition) is 2. The van der Waals surface area contributed by atoms with Gasteiger partial charge in [-0.2, -0.15) is 0 Å². The van der Waals surface area contributed by atoms with Crippen molar-refractivity contribution >= 4 is 17.7 Å². The van der Waals surface area contributed by atoms with Crippen molar-refractivity contribution in [1.82, 2.24) is 15.6 Å². The molecule has 7 nitrogen and oxygen atoms in total. The minimum absolute atomic E-state index is 0.0672. The minimum Gasteiger partial charge on any atom is -0.442 e. The molecule has 2 amide bonds. The standard InChI is InChI=1S/C25H23F3N4O3/c1-15(33)31-13-19-14-32(25(34)35-19)18-6-8-20(22(26)10-18)21-7-5-16(23(27)24(21)28)11-29-12-17-4-2-3-9-30-17/h2-10,19,29H,11-14H2,1H3,(H,31,33). The van der Waals surface area contributed by atoms with Gasteiger partial charge in [-0.25, -0.2) is 18.0 Å². The summed E-state index contributed by atoms with van der Waals surface area (Å²) in [6.45, 7) is 2.03. The summed E-state index contributed by atoms with van der Waals surface area (Å²) in [6.07, 6.45) is 0.370. The average molecular weight is 484 g/mol. The van der Waals surface area contributed by atoms with Crippen LogP contribution >= 0.6 is 0 Å². The number of nitrogens with zero attached hydrogens (tertiary/aromatic N) is 2. The number of hydrogen-bond acceptors (Lipinski definition) is 5. The molecule has 0 saturated carbocycles. The van der Waals surface area contributed by atoms with E-state index in [2.05, 4.69) is 15.6 Å². The number of rotatable bonds is 8. The molecule has 2 aromatic carbocycles. The van der Waals surface area contributed by atoms with Gasteiger partial charge in [-0.3, -0.25) is 14.7 Å². The topological polar surface area (TPSA) is 83.6 Å². The number of nitrogens with one attached hydrogen (secondary N) is 2. The lowest BCUT2D eigenvalue weighted by molar-refractivity contribution is -0.119. The predicted molar refractivity (Wildman–Crippen MR) is 123 cm³/mol. The van der Waals surface area contributed by atoms with Crippen molar-refractivity contribution in [3.05, 3.63) is 83.4 Å². The molecule has 1 aromatic heterocycles. The van der Waals surface area contributed by atoms with E-state index >= 15 is 0 Å². The van der Waals surface area contributed by atoms with Crippen LogP contribution in [0.2, 0.25) is 0 Å². The lowest BCUT2D eigenvalue weighted by atomic mass is 10.0. The van der Waals surface area contributed by atoms with Gasteiger partial charge in [0.25, 0.3) is 0 Å². The van der Waals surface area contributed by atoms with E-state index in [1.54, 1.807) is 12.3 Å². The molecule has 1 saturated heterocycles. The molecule has 1 fully saturated rings. The van der Waals surface area contributed by atoms with Gasteiger partial charge in [0.1, 0.15) is 11.9 Å². The van der Waals surface area contributed by atoms with E-state index in [1.807, 2.05) is 12.1 Å². The summed E-state index contributed by atoms with van der Waals surface area (Å²) in [5.74, 6) is -3.31. The highest BCUT2D eigenvalue weighted by Crippen LogP contribution is 2.32. The van der Waals surface area contributed by atoms with Gasteiger partial charge in [0.2, 0.25) is 5.91 Å². The number of halogens is 3. The smallest absolute Gasteiger partial charge is 0.414 e. The number of anilines is 1. The van der Waals surface area contributed by atoms with E-state index in [0.29, 0.717) is 6.54 Å². The van der Waals surface area contributed by atoms with Gasteiger partial charge in [0.05, 0.1) is 24.5 Å². The number of ether oxygens (including phenoxy) is 1. The van der Waals surface area contributed by atoms with Crippen LogP contribution in [0.1, 0.15) is 18.2 Å². The molecule has 0 bridgehead atoms. The SMILES string of the molecule is CC(=O)NCC1CN(c2ccc(-c3ccc(CNCc4ccccn4)c(F)c3F)c(F)c2)C(=O)O1. The second-order valence-electron chi connectivity index (χ2n) is 8.04. The van der Waals surface area contributed by atoms with E-state index in [1.165, 1.54) is 36.1 Å². The Hall–Kier alpha value is -3.92. The molecule has 1 unspecified atom stereocenters. The Morgan fingerprint density at radius 3 is 2.60 bits per heavy atom. The van der Waals surface area contributed by atoms with E-state index in [-0.39, 0.29) is 47.9 Å². The van der Waals surface area contributed by atoms with Crippen molar-refractivity contribution in [2.45, 2.75) is 26.1 Å². The molecule has 1 atom stereocenters. The van der Waals surface area contributed by atoms with Gasteiger partial charge in [-0.15, -0.1) is 0 Å². The van der Waals surface area contributed by atoms with Crippen LogP contribution in [0, 0.1) is 17.5 Å². The highest BCUT2D eigenvalue weighted by molar-refractivity contribution is 5.90. The first-order valence-corrected chi connectivity index (χ1v) is 10.9. The maximum Gasteiger partial charge on any atom is 0.414 e. The second kappa shape index (κ2) is 10.6. The molecule has 3 aromatic rings. The zero-order valence-corrected chi connectivity index (χ0v) is 18.9. The Morgan fingerprint density at radius 1 is 1.09 bits per heavy atom. The van der Waals surface area contributed by atoms with Crippen molar-refractivity contribution in [2.24, 2.45) is 0 Å². The van der Waals surface area contributed by atoms with Crippen LogP contribution in [0.3, 0.4) is 0 Å². The number of carbonyl (C=O) groups is 2. The maximum absolute atomic E-state index is 14.9. The number of carbonyl (C=O) groups excluding carboxylic acids is 2. The van der Waals surface area contributed by atoms with Crippen LogP contribution in [0.5, 0.6) is 0 Å². The molecule has 1 aliphatic rings. The van der Waals surface area contributed by atoms with E-state index in [4.69, 9.17) is 4.74 Å². The molecule has 0 aliphatic carbocycles. The molecule has 2 heterocycles. The number of benzene rings is 2. The summed E-state index contributed by atoms with van der Waals surface area (Å²) in [6, 6.07) is 11.9. The summed E-state index contributed by atoms with van der Waals surface area (Å²) < 4.78 is 49.6. The highest BCUT2D eigenvalue weighted by Gasteiger charge is 2.33. The average Bonchev–Trinajstić information content (AvgIpc) is 3.22. The van der Waals surface area contributed by atoms with Crippen LogP contribution < -0.4 is 15.5 Å². The third-order valence-corrected chi connectivity index (χ3v) is 5.52. The molecule has 0 radical (unpaired) electrons. The van der Waals surface area contributed by atoms with E-state index in [0.717, 1.165) is 11.8 Å². The molecular formula is C25H23F3N4O3. The van der Waals surface area contributed by atoms with Gasteiger partial charge in [0.15, 0.2) is 11.6 Å². The minimum atomic E-state index is -1.16. The molecule has 35 heavy (non-hydrogen) atoms. The third-order valence-electron chi connectivity index (χ3n) is 5.52. The summed E-state index contributed by atoms with van der Waals surface area (Å²) in [7, 11) is 0. The predicted octanol–water partition coefficient (Wildman–Crippen LogP) is 3.92. The molecule has 1 aliphatic heterocycles. The Kier molecular flexibility index (Phi) is 7.31. The van der Waals surface area contributed by atoms with Crippen LogP contribution in [0.25, 0.3) is 11.1 Å². The van der Waals surface area contributed by atoms with Crippen molar-refractivity contribution in [3.8, 4) is 11.1 Å². The Morgan fingerprint density at radius 2 is 1.89 bits per heavy atom. The van der Waals surface area contributed by atoms with Crippen LogP contribution in [-0.4, -0.2) is 36.2 Å². The quantitative estimate of drug-likeness (QED) is 0.507. The van der Waals surface area contributed by atoms with Crippen molar-refractivity contribution in [1.29, 1.82) is 0 Å². The zero-order valence-electron chi connectivity index (χ0n) is 18.9. The first-order valence-electron chi connectivity index (χ1n) is 10.9. The van der Waals surface area contributed by atoms with Gasteiger partial charge >= 0.3 is 6.09 Å². The monoisotopic (exact) mass is 484 g/mol. The fourth-order valence-electron chi connectivity index (χ4n) is 3.75. The summed E-state index contributed by atoms with van der Waals surface area (Å²) in [5, 5.41) is 5.56. The van der Waals surface area contributed by atoms with E-state index < -0.39 is 29.6 Å². The Balaban J connectivity index is 1.46. The highest BCUT2D eigenvalue weighted by atomic mass is 19.2. The molecule has 0 spiro atoms. The molecule has 182 valence electrons. The number of aromatic nitrogens is 1. The largest absolute Gasteiger partial charge is 0.442 e. The summed E-state index contributed by atoms with van der Waals surface area (Å²) in [4.78, 5) is 28.6. The fourth-order valence-corrected chi connectivity index (χ4v) is 3.75. The lowest BCUT2D eigenvalue weighted by Gasteiger charge is -2.15. The van der Waals surface area contributed by atoms with Crippen molar-refractivity contribution < 1.29 is 27.5 Å². The fraction of sp³-hybridized carbons (Fsp3) is 0.240. The second-order valence-corrected chi connectivity index (χ2v) is 8.04. The van der Waals surface area contributed by atoms with Crippen LogP contribution in [0.4, 0.5) is 23.7 Å². The van der Waals surface area contributed by atoms with Crippen LogP contribution in [-0.2, 0) is 22.6 Å². The number of pyridine rings is 1. The number of cyclic esters (lactones) is 1. The van der Waals surface area contributed by atoms with Crippen molar-refractivity contribution in [2.75, 3.05) is 18.0 Å². The van der Waals surface area contributed by atoms with Gasteiger partial charge in [-0.05, 0) is 30.3 Å². The van der Waals surface area contributed by atoms with Crippen molar-refractivity contribution in [3.63, 3.8) is 0 Å². The van der Waals surface area contributed by atoms with E-state index in [9.17, 15) is 22.8 Å². The zero-order chi connectivity index (χ0) is 24.9. The lowest BCUT2D eigenvalue weighted by Crippen LogP contribution is -2.33. The molecule has 2 N–H and O–H groups in total. The normalized spacial score (nSPS) is 15.3. The molecular weight excluding hydrogens is 461 g/mol. The van der Waals surface area contributed by atoms with Crippen LogP contribution in [0.15, 0.2) is 54.7 Å². The summed E-state index contributed by atoms with van der Waals surface area (Å²) >= 11 is 0. The summed E-state index contributed by atoms with van der Waals surface area (Å²) in [5.41, 5.74) is 0.700. The Labute approximate surface area is 199 Å². The van der Waals surface area contributed by atoms with Gasteiger partial charge in [-0.1, -0.05) is 18.2 Å². The van der Waals surface area contributed by atoms with Gasteiger partial charge in [0, 0.05) is 42.9 Å². The number of amides is 2. The Bertz CT molecular complexity index is 1240. The first-order chi connectivity index (χ1) is 16.8. The molecule has 4 rings (SSSR count). The molecule has 10 heteroatoms.